The Bertz CT molecular complexity index is 2950. The Morgan fingerprint density at radius 1 is 0.283 bits per heavy atom. The summed E-state index contributed by atoms with van der Waals surface area (Å²) in [5.41, 5.74) is 13.3. The fraction of sp³-hybridized carbons (Fsp3) is 0. The standard InChI is InChI=1S/C50H32N2O/c1-3-12-33(13-4-1)41-28-42(39-24-25-49-45(31-39)44-20-9-10-21-48(44)53-49)30-43(29-41)47-32-46(35-15-5-2-6-16-35)51-50(52-47)40-19-11-18-37(27-40)38-23-22-34-14-7-8-17-36(34)26-38/h1-32H. The summed E-state index contributed by atoms with van der Waals surface area (Å²) in [5.74, 6) is 0.682. The van der Waals surface area contributed by atoms with Crippen LogP contribution in [-0.4, -0.2) is 9.97 Å². The van der Waals surface area contributed by atoms with Crippen LogP contribution < -0.4 is 0 Å². The lowest BCUT2D eigenvalue weighted by Crippen LogP contribution is -1.97. The van der Waals surface area contributed by atoms with Crippen molar-refractivity contribution in [3.05, 3.63) is 194 Å². The molecule has 0 saturated heterocycles. The molecule has 2 heterocycles. The van der Waals surface area contributed by atoms with Gasteiger partial charge in [0, 0.05) is 27.5 Å². The van der Waals surface area contributed by atoms with Crippen LogP contribution in [0.5, 0.6) is 0 Å². The molecule has 0 atom stereocenters. The quantitative estimate of drug-likeness (QED) is 0.176. The van der Waals surface area contributed by atoms with Crippen LogP contribution >= 0.6 is 0 Å². The lowest BCUT2D eigenvalue weighted by atomic mass is 9.94. The lowest BCUT2D eigenvalue weighted by Gasteiger charge is -2.14. The molecule has 10 rings (SSSR count). The lowest BCUT2D eigenvalue weighted by molar-refractivity contribution is 0.669. The van der Waals surface area contributed by atoms with Gasteiger partial charge >= 0.3 is 0 Å². The van der Waals surface area contributed by atoms with E-state index in [0.717, 1.165) is 83.4 Å². The van der Waals surface area contributed by atoms with Gasteiger partial charge in [0.15, 0.2) is 5.82 Å². The molecule has 0 aliphatic carbocycles. The van der Waals surface area contributed by atoms with Crippen molar-refractivity contribution in [2.75, 3.05) is 0 Å². The number of aromatic nitrogens is 2. The second-order valence-electron chi connectivity index (χ2n) is 13.4. The molecule has 0 amide bonds. The highest BCUT2D eigenvalue weighted by Crippen LogP contribution is 2.38. The third-order valence-corrected chi connectivity index (χ3v) is 10.0. The summed E-state index contributed by atoms with van der Waals surface area (Å²) in [6.45, 7) is 0. The van der Waals surface area contributed by atoms with Gasteiger partial charge in [-0.3, -0.25) is 0 Å². The highest BCUT2D eigenvalue weighted by atomic mass is 16.3. The Hall–Kier alpha value is -7.10. The topological polar surface area (TPSA) is 38.9 Å². The van der Waals surface area contributed by atoms with E-state index < -0.39 is 0 Å². The molecule has 3 nitrogen and oxygen atoms in total. The van der Waals surface area contributed by atoms with Crippen LogP contribution in [0.1, 0.15) is 0 Å². The van der Waals surface area contributed by atoms with Crippen molar-refractivity contribution < 1.29 is 4.42 Å². The summed E-state index contributed by atoms with van der Waals surface area (Å²) < 4.78 is 6.18. The van der Waals surface area contributed by atoms with E-state index in [-0.39, 0.29) is 0 Å². The Balaban J connectivity index is 1.15. The summed E-state index contributed by atoms with van der Waals surface area (Å²) in [4.78, 5) is 10.5. The van der Waals surface area contributed by atoms with Gasteiger partial charge in [-0.05, 0) is 98.8 Å². The molecule has 53 heavy (non-hydrogen) atoms. The van der Waals surface area contributed by atoms with E-state index in [1.165, 1.54) is 10.8 Å². The molecule has 0 saturated carbocycles. The molecule has 3 heteroatoms. The Morgan fingerprint density at radius 2 is 0.830 bits per heavy atom. The minimum atomic E-state index is 0.682. The van der Waals surface area contributed by atoms with E-state index in [1.54, 1.807) is 0 Å². The van der Waals surface area contributed by atoms with Crippen LogP contribution in [0, 0.1) is 0 Å². The van der Waals surface area contributed by atoms with Crippen LogP contribution in [0.4, 0.5) is 0 Å². The molecular weight excluding hydrogens is 645 g/mol. The van der Waals surface area contributed by atoms with E-state index in [4.69, 9.17) is 14.4 Å². The molecular formula is C50H32N2O. The number of nitrogens with zero attached hydrogens (tertiary/aromatic N) is 2. The number of hydrogen-bond acceptors (Lipinski definition) is 3. The molecule has 0 bridgehead atoms. The number of furan rings is 1. The normalized spacial score (nSPS) is 11.4. The zero-order valence-electron chi connectivity index (χ0n) is 28.8. The van der Waals surface area contributed by atoms with Gasteiger partial charge in [-0.2, -0.15) is 0 Å². The molecule has 248 valence electrons. The van der Waals surface area contributed by atoms with Gasteiger partial charge in [-0.15, -0.1) is 0 Å². The molecule has 0 spiro atoms. The van der Waals surface area contributed by atoms with Crippen molar-refractivity contribution in [1.29, 1.82) is 0 Å². The van der Waals surface area contributed by atoms with Crippen LogP contribution in [0.2, 0.25) is 0 Å². The van der Waals surface area contributed by atoms with E-state index in [2.05, 4.69) is 176 Å². The summed E-state index contributed by atoms with van der Waals surface area (Å²) >= 11 is 0. The van der Waals surface area contributed by atoms with Crippen molar-refractivity contribution in [3.63, 3.8) is 0 Å². The van der Waals surface area contributed by atoms with E-state index in [0.29, 0.717) is 5.82 Å². The predicted molar refractivity (Wildman–Crippen MR) is 219 cm³/mol. The van der Waals surface area contributed by atoms with Gasteiger partial charge in [-0.1, -0.05) is 140 Å². The zero-order valence-corrected chi connectivity index (χ0v) is 28.8. The summed E-state index contributed by atoms with van der Waals surface area (Å²) in [5, 5.41) is 4.66. The first-order valence-corrected chi connectivity index (χ1v) is 17.9. The van der Waals surface area contributed by atoms with Gasteiger partial charge in [0.1, 0.15) is 11.2 Å². The minimum Gasteiger partial charge on any atom is -0.456 e. The van der Waals surface area contributed by atoms with Crippen molar-refractivity contribution in [3.8, 4) is 67.3 Å². The van der Waals surface area contributed by atoms with Crippen LogP contribution in [0.3, 0.4) is 0 Å². The Labute approximate surface area is 307 Å². The Kier molecular flexibility index (Phi) is 7.47. The molecule has 8 aromatic carbocycles. The fourth-order valence-corrected chi connectivity index (χ4v) is 7.33. The maximum absolute atomic E-state index is 6.18. The third kappa shape index (κ3) is 5.85. The number of benzene rings is 8. The molecule has 0 unspecified atom stereocenters. The smallest absolute Gasteiger partial charge is 0.160 e. The first-order chi connectivity index (χ1) is 26.2. The monoisotopic (exact) mass is 676 g/mol. The van der Waals surface area contributed by atoms with Gasteiger partial charge < -0.3 is 4.42 Å². The third-order valence-electron chi connectivity index (χ3n) is 10.0. The van der Waals surface area contributed by atoms with Gasteiger partial charge in [0.25, 0.3) is 0 Å². The van der Waals surface area contributed by atoms with Crippen molar-refractivity contribution in [1.82, 2.24) is 9.97 Å². The second-order valence-corrected chi connectivity index (χ2v) is 13.4. The highest BCUT2D eigenvalue weighted by Gasteiger charge is 2.15. The van der Waals surface area contributed by atoms with Crippen molar-refractivity contribution >= 4 is 32.7 Å². The second kappa shape index (κ2) is 12.9. The zero-order chi connectivity index (χ0) is 35.1. The van der Waals surface area contributed by atoms with E-state index in [1.807, 2.05) is 18.2 Å². The van der Waals surface area contributed by atoms with Crippen molar-refractivity contribution in [2.45, 2.75) is 0 Å². The molecule has 0 aliphatic rings. The van der Waals surface area contributed by atoms with Crippen molar-refractivity contribution in [2.24, 2.45) is 0 Å². The maximum atomic E-state index is 6.18. The van der Waals surface area contributed by atoms with Crippen LogP contribution in [-0.2, 0) is 0 Å². The number of rotatable bonds is 6. The van der Waals surface area contributed by atoms with Crippen LogP contribution in [0.15, 0.2) is 199 Å². The molecule has 0 aliphatic heterocycles. The first kappa shape index (κ1) is 30.7. The fourth-order valence-electron chi connectivity index (χ4n) is 7.33. The van der Waals surface area contributed by atoms with Crippen LogP contribution in [0.25, 0.3) is 100.0 Å². The highest BCUT2D eigenvalue weighted by molar-refractivity contribution is 6.06. The maximum Gasteiger partial charge on any atom is 0.160 e. The largest absolute Gasteiger partial charge is 0.456 e. The number of para-hydroxylation sites is 1. The van der Waals surface area contributed by atoms with E-state index in [9.17, 15) is 0 Å². The SMILES string of the molecule is c1ccc(-c2cc(-c3ccc4oc5ccccc5c4c3)cc(-c3cc(-c4ccccc4)nc(-c4cccc(-c5ccc6ccccc6c5)c4)n3)c2)cc1. The van der Waals surface area contributed by atoms with Gasteiger partial charge in [0.2, 0.25) is 0 Å². The average Bonchev–Trinajstić information content (AvgIpc) is 3.62. The molecule has 0 N–H and O–H groups in total. The first-order valence-electron chi connectivity index (χ1n) is 17.9. The summed E-state index contributed by atoms with van der Waals surface area (Å²) in [6, 6.07) is 68.2. The van der Waals surface area contributed by atoms with E-state index >= 15 is 0 Å². The number of hydrogen-bond donors (Lipinski definition) is 0. The molecule has 0 fully saturated rings. The molecule has 0 radical (unpaired) electrons. The van der Waals surface area contributed by atoms with Gasteiger partial charge in [0.05, 0.1) is 11.4 Å². The van der Waals surface area contributed by atoms with Gasteiger partial charge in [-0.25, -0.2) is 9.97 Å². The minimum absolute atomic E-state index is 0.682. The predicted octanol–water partition coefficient (Wildman–Crippen LogP) is 13.5. The number of fused-ring (bicyclic) bond motifs is 4. The molecule has 2 aromatic heterocycles. The summed E-state index contributed by atoms with van der Waals surface area (Å²) in [7, 11) is 0. The molecule has 10 aromatic rings. The Morgan fingerprint density at radius 3 is 1.66 bits per heavy atom. The summed E-state index contributed by atoms with van der Waals surface area (Å²) in [6.07, 6.45) is 0. The average molecular weight is 677 g/mol.